The largest absolute Gasteiger partial charge is 1.00 e. The molecule has 0 aliphatic heterocycles. The van der Waals surface area contributed by atoms with E-state index in [1.54, 1.807) is 14.2 Å². The molecule has 0 aliphatic carbocycles. The van der Waals surface area contributed by atoms with Crippen LogP contribution in [0.4, 0.5) is 5.69 Å². The van der Waals surface area contributed by atoms with E-state index in [2.05, 4.69) is 43.3 Å². The van der Waals surface area contributed by atoms with Gasteiger partial charge in [0.05, 0.1) is 28.3 Å². The molecule has 0 amide bonds. The topological polar surface area (TPSA) is 35.8 Å². The van der Waals surface area contributed by atoms with Crippen LogP contribution in [0.1, 0.15) is 11.1 Å². The zero-order valence-corrected chi connectivity index (χ0v) is 16.6. The van der Waals surface area contributed by atoms with Gasteiger partial charge in [0.1, 0.15) is 5.69 Å². The van der Waals surface area contributed by atoms with Crippen molar-refractivity contribution in [3.63, 3.8) is 0 Å². The zero-order chi connectivity index (χ0) is 17.1. The van der Waals surface area contributed by atoms with Gasteiger partial charge in [-0.3, -0.25) is 4.98 Å². The minimum absolute atomic E-state index is 0. The Morgan fingerprint density at radius 1 is 0.920 bits per heavy atom. The number of benzene rings is 2. The average molecular weight is 403 g/mol. The molecule has 132 valence electrons. The summed E-state index contributed by atoms with van der Waals surface area (Å²) in [6.07, 6.45) is 4.63. The predicted molar refractivity (Wildman–Crippen MR) is 96.6 cm³/mol. The van der Waals surface area contributed by atoms with E-state index in [-0.39, 0.29) is 17.0 Å². The van der Waals surface area contributed by atoms with Crippen molar-refractivity contribution < 1.29 is 31.4 Å². The van der Waals surface area contributed by atoms with E-state index in [1.165, 1.54) is 21.7 Å². The molecule has 1 heterocycles. The summed E-state index contributed by atoms with van der Waals surface area (Å²) in [7, 11) is 7.56. The summed E-state index contributed by atoms with van der Waals surface area (Å²) in [5, 5.41) is 2.20. The Bertz CT molecular complexity index is 848. The van der Waals surface area contributed by atoms with Gasteiger partial charge < -0.3 is 31.4 Å². The predicted octanol–water partition coefficient (Wildman–Crippen LogP) is -0.377. The van der Waals surface area contributed by atoms with Crippen molar-refractivity contribution in [2.75, 3.05) is 28.3 Å². The number of aromatic nitrogens is 1. The van der Waals surface area contributed by atoms with E-state index in [0.29, 0.717) is 0 Å². The lowest BCUT2D eigenvalue weighted by Crippen LogP contribution is -3.00. The van der Waals surface area contributed by atoms with Crippen molar-refractivity contribution in [3.05, 3.63) is 59.9 Å². The van der Waals surface area contributed by atoms with Crippen molar-refractivity contribution in [1.82, 2.24) is 4.98 Å². The van der Waals surface area contributed by atoms with Gasteiger partial charge in [-0.05, 0) is 47.2 Å². The Kier molecular flexibility index (Phi) is 6.39. The first-order chi connectivity index (χ1) is 11.6. The number of hydrogen-bond donors (Lipinski definition) is 1. The molecule has 2 aromatic carbocycles. The number of rotatable bonds is 5. The quantitative estimate of drug-likeness (QED) is 0.631. The number of fused-ring (bicyclic) bond motifs is 1. The third-order valence-corrected chi connectivity index (χ3v) is 4.27. The number of ether oxygens (including phenoxy) is 2. The van der Waals surface area contributed by atoms with E-state index in [1.807, 2.05) is 24.5 Å². The highest BCUT2D eigenvalue weighted by molar-refractivity contribution is 5.88. The summed E-state index contributed by atoms with van der Waals surface area (Å²) in [5.74, 6) is 1.46. The van der Waals surface area contributed by atoms with Crippen molar-refractivity contribution in [3.8, 4) is 11.5 Å². The summed E-state index contributed by atoms with van der Waals surface area (Å²) in [5.41, 5.74) is 3.73. The molecule has 5 heteroatoms. The summed E-state index contributed by atoms with van der Waals surface area (Å²) < 4.78 is 10.8. The van der Waals surface area contributed by atoms with Gasteiger partial charge in [0.2, 0.25) is 0 Å². The fourth-order valence-electron chi connectivity index (χ4n) is 2.87. The molecule has 1 aromatic heterocycles. The molecule has 3 aromatic rings. The number of hydrogen-bond acceptors (Lipinski definition) is 3. The highest BCUT2D eigenvalue weighted by Gasteiger charge is 2.10. The van der Waals surface area contributed by atoms with Crippen LogP contribution in [0.5, 0.6) is 11.5 Å². The molecule has 0 bridgehead atoms. The maximum Gasteiger partial charge on any atom is 0.161 e. The van der Waals surface area contributed by atoms with Crippen LogP contribution in [-0.4, -0.2) is 33.3 Å². The molecule has 0 saturated heterocycles. The summed E-state index contributed by atoms with van der Waals surface area (Å²) >= 11 is 0. The van der Waals surface area contributed by atoms with Gasteiger partial charge in [-0.25, -0.2) is 0 Å². The molecule has 0 aliphatic rings. The Labute approximate surface area is 159 Å². The highest BCUT2D eigenvalue weighted by Crippen LogP contribution is 2.33. The van der Waals surface area contributed by atoms with E-state index in [9.17, 15) is 0 Å². The molecular formula is C20H23BrN2O2. The number of nitrogens with zero attached hydrogens (tertiary/aromatic N) is 1. The number of halogens is 1. The summed E-state index contributed by atoms with van der Waals surface area (Å²) in [6, 6.07) is 12.7. The van der Waals surface area contributed by atoms with Gasteiger partial charge in [-0.15, -0.1) is 0 Å². The minimum atomic E-state index is 0. The van der Waals surface area contributed by atoms with E-state index < -0.39 is 0 Å². The van der Waals surface area contributed by atoms with Crippen LogP contribution >= 0.6 is 0 Å². The third-order valence-electron chi connectivity index (χ3n) is 4.27. The molecule has 0 atom stereocenters. The Morgan fingerprint density at radius 2 is 1.56 bits per heavy atom. The van der Waals surface area contributed by atoms with Crippen LogP contribution in [0, 0.1) is 0 Å². The van der Waals surface area contributed by atoms with Gasteiger partial charge in [0.15, 0.2) is 11.5 Å². The molecule has 0 unspecified atom stereocenters. The van der Waals surface area contributed by atoms with Crippen LogP contribution < -0.4 is 31.4 Å². The number of nitrogens with one attached hydrogen (secondary N) is 1. The molecule has 4 nitrogen and oxygen atoms in total. The van der Waals surface area contributed by atoms with Crippen LogP contribution in [0.2, 0.25) is 0 Å². The SMILES string of the molecule is COc1cc2cncc(Cc3ccc([NH+](C)C)cc3)c2cc1OC.[Br-]. The molecule has 1 N–H and O–H groups in total. The number of quaternary nitrogens is 1. The number of pyridine rings is 1. The second kappa shape index (κ2) is 8.32. The van der Waals surface area contributed by atoms with Gasteiger partial charge >= 0.3 is 0 Å². The lowest BCUT2D eigenvalue weighted by atomic mass is 10.00. The molecule has 25 heavy (non-hydrogen) atoms. The van der Waals surface area contributed by atoms with Crippen molar-refractivity contribution in [2.24, 2.45) is 0 Å². The normalized spacial score (nSPS) is 10.6. The summed E-state index contributed by atoms with van der Waals surface area (Å²) in [4.78, 5) is 5.71. The molecule has 0 radical (unpaired) electrons. The Hall–Kier alpha value is -2.11. The Balaban J connectivity index is 0.00000225. The summed E-state index contributed by atoms with van der Waals surface area (Å²) in [6.45, 7) is 0. The second-order valence-corrected chi connectivity index (χ2v) is 6.10. The smallest absolute Gasteiger partial charge is 0.161 e. The molecule has 3 rings (SSSR count). The van der Waals surface area contributed by atoms with E-state index in [4.69, 9.17) is 9.47 Å². The van der Waals surface area contributed by atoms with E-state index in [0.717, 1.165) is 28.7 Å². The first-order valence-electron chi connectivity index (χ1n) is 8.00. The van der Waals surface area contributed by atoms with Crippen molar-refractivity contribution in [2.45, 2.75) is 6.42 Å². The van der Waals surface area contributed by atoms with Crippen LogP contribution in [0.25, 0.3) is 10.8 Å². The second-order valence-electron chi connectivity index (χ2n) is 6.10. The van der Waals surface area contributed by atoms with Gasteiger partial charge in [-0.2, -0.15) is 0 Å². The third kappa shape index (κ3) is 4.11. The lowest BCUT2D eigenvalue weighted by molar-refractivity contribution is -0.786. The first-order valence-corrected chi connectivity index (χ1v) is 8.00. The van der Waals surface area contributed by atoms with Gasteiger partial charge in [0.25, 0.3) is 0 Å². The van der Waals surface area contributed by atoms with Crippen molar-refractivity contribution in [1.29, 1.82) is 0 Å². The monoisotopic (exact) mass is 402 g/mol. The van der Waals surface area contributed by atoms with Gasteiger partial charge in [-0.1, -0.05) is 12.1 Å². The van der Waals surface area contributed by atoms with Crippen LogP contribution in [0.3, 0.4) is 0 Å². The molecule has 0 fully saturated rings. The lowest BCUT2D eigenvalue weighted by Gasteiger charge is -2.12. The molecule has 0 saturated carbocycles. The zero-order valence-electron chi connectivity index (χ0n) is 15.0. The number of methoxy groups -OCH3 is 2. The fourth-order valence-corrected chi connectivity index (χ4v) is 2.87. The first kappa shape index (κ1) is 19.2. The standard InChI is InChI=1S/C20H22N2O2.BrH/c1-22(2)17-7-5-14(6-8-17)9-15-12-21-13-16-10-19(23-3)20(24-4)11-18(15)16;/h5-8,10-13H,9H2,1-4H3;1H. The maximum atomic E-state index is 5.44. The minimum Gasteiger partial charge on any atom is -1.00 e. The van der Waals surface area contributed by atoms with Crippen LogP contribution in [0.15, 0.2) is 48.8 Å². The average Bonchev–Trinajstić information content (AvgIpc) is 2.61. The highest BCUT2D eigenvalue weighted by atomic mass is 79.9. The van der Waals surface area contributed by atoms with Crippen LogP contribution in [-0.2, 0) is 6.42 Å². The Morgan fingerprint density at radius 3 is 2.16 bits per heavy atom. The maximum absolute atomic E-state index is 5.44. The molecule has 0 spiro atoms. The van der Waals surface area contributed by atoms with Gasteiger partial charge in [0, 0.05) is 17.8 Å². The van der Waals surface area contributed by atoms with E-state index >= 15 is 0 Å². The molecular weight excluding hydrogens is 380 g/mol. The fraction of sp³-hybridized carbons (Fsp3) is 0.250. The van der Waals surface area contributed by atoms with Crippen molar-refractivity contribution >= 4 is 16.5 Å².